The quantitative estimate of drug-likeness (QED) is 0.447. The summed E-state index contributed by atoms with van der Waals surface area (Å²) < 4.78 is 5.64. The van der Waals surface area contributed by atoms with E-state index in [4.69, 9.17) is 4.74 Å². The van der Waals surface area contributed by atoms with Crippen LogP contribution in [0.5, 0.6) is 0 Å². The van der Waals surface area contributed by atoms with Crippen molar-refractivity contribution in [2.45, 2.75) is 12.2 Å². The van der Waals surface area contributed by atoms with Gasteiger partial charge in [-0.1, -0.05) is 12.2 Å². The van der Waals surface area contributed by atoms with E-state index in [0.717, 1.165) is 6.54 Å². The predicted octanol–water partition coefficient (Wildman–Crippen LogP) is 0.640. The van der Waals surface area contributed by atoms with Crippen LogP contribution >= 0.6 is 0 Å². The Labute approximate surface area is 59.6 Å². The van der Waals surface area contributed by atoms with Crippen LogP contribution in [0.1, 0.15) is 0 Å². The second kappa shape index (κ2) is 1.51. The van der Waals surface area contributed by atoms with Gasteiger partial charge in [0.25, 0.3) is 0 Å². The van der Waals surface area contributed by atoms with E-state index in [1.165, 1.54) is 0 Å². The molecule has 1 saturated heterocycles. The molecule has 52 valence electrons. The standard InChI is InChI=1S/C8H9NO/c1-2-8-6-4-9-3-5(6)7(1)10-8/h1-3,5-8H,4H2. The van der Waals surface area contributed by atoms with Crippen LogP contribution in [-0.4, -0.2) is 25.0 Å². The van der Waals surface area contributed by atoms with Gasteiger partial charge in [0.2, 0.25) is 0 Å². The molecule has 0 N–H and O–H groups in total. The average Bonchev–Trinajstić information content (AvgIpc) is 2.60. The average molecular weight is 135 g/mol. The Bertz CT molecular complexity index is 221. The molecule has 3 aliphatic rings. The third kappa shape index (κ3) is 0.430. The maximum absolute atomic E-state index is 5.64. The number of rotatable bonds is 0. The summed E-state index contributed by atoms with van der Waals surface area (Å²) in [4.78, 5) is 4.26. The zero-order valence-electron chi connectivity index (χ0n) is 5.60. The molecule has 10 heavy (non-hydrogen) atoms. The summed E-state index contributed by atoms with van der Waals surface area (Å²) >= 11 is 0. The molecule has 2 heteroatoms. The molecule has 0 aromatic rings. The van der Waals surface area contributed by atoms with E-state index in [-0.39, 0.29) is 0 Å². The fourth-order valence-corrected chi connectivity index (χ4v) is 2.14. The molecule has 1 fully saturated rings. The first-order valence-corrected chi connectivity index (χ1v) is 3.79. The van der Waals surface area contributed by atoms with Crippen LogP contribution in [-0.2, 0) is 4.74 Å². The lowest BCUT2D eigenvalue weighted by atomic mass is 9.86. The lowest BCUT2D eigenvalue weighted by Crippen LogP contribution is -2.22. The summed E-state index contributed by atoms with van der Waals surface area (Å²) in [6.07, 6.45) is 7.17. The second-order valence-corrected chi connectivity index (χ2v) is 3.21. The van der Waals surface area contributed by atoms with E-state index >= 15 is 0 Å². The first kappa shape index (κ1) is 5.08. The fraction of sp³-hybridized carbons (Fsp3) is 0.625. The SMILES string of the molecule is C1=CC2OC1C1C=NCC21. The lowest BCUT2D eigenvalue weighted by molar-refractivity contribution is 0.106. The monoisotopic (exact) mass is 135 g/mol. The number of fused-ring (bicyclic) bond motifs is 5. The van der Waals surface area contributed by atoms with Crippen LogP contribution in [0.3, 0.4) is 0 Å². The Morgan fingerprint density at radius 1 is 1.30 bits per heavy atom. The molecule has 4 unspecified atom stereocenters. The molecule has 0 aromatic carbocycles. The van der Waals surface area contributed by atoms with Crippen LogP contribution in [0.4, 0.5) is 0 Å². The van der Waals surface area contributed by atoms with E-state index < -0.39 is 0 Å². The highest BCUT2D eigenvalue weighted by molar-refractivity contribution is 5.66. The molecule has 0 spiro atoms. The summed E-state index contributed by atoms with van der Waals surface area (Å²) in [5.41, 5.74) is 0. The molecular formula is C8H9NO. The molecule has 2 bridgehead atoms. The van der Waals surface area contributed by atoms with Crippen molar-refractivity contribution in [3.05, 3.63) is 12.2 Å². The third-order valence-corrected chi connectivity index (χ3v) is 2.69. The van der Waals surface area contributed by atoms with Crippen LogP contribution in [0.25, 0.3) is 0 Å². The Hall–Kier alpha value is -0.630. The van der Waals surface area contributed by atoms with Gasteiger partial charge in [-0.05, 0) is 0 Å². The van der Waals surface area contributed by atoms with Gasteiger partial charge in [-0.25, -0.2) is 0 Å². The molecule has 0 aromatic heterocycles. The number of aliphatic imine (C=N–C) groups is 1. The number of ether oxygens (including phenoxy) is 1. The van der Waals surface area contributed by atoms with Crippen LogP contribution in [0.15, 0.2) is 17.1 Å². The zero-order valence-corrected chi connectivity index (χ0v) is 5.60. The Morgan fingerprint density at radius 3 is 3.10 bits per heavy atom. The smallest absolute Gasteiger partial charge is 0.0846 e. The van der Waals surface area contributed by atoms with E-state index in [2.05, 4.69) is 23.4 Å². The number of nitrogens with zero attached hydrogens (tertiary/aromatic N) is 1. The number of hydrogen-bond donors (Lipinski definition) is 0. The molecule has 0 saturated carbocycles. The maximum Gasteiger partial charge on any atom is 0.0846 e. The van der Waals surface area contributed by atoms with E-state index in [1.807, 2.05) is 0 Å². The Balaban J connectivity index is 2.04. The molecule has 0 radical (unpaired) electrons. The predicted molar refractivity (Wildman–Crippen MR) is 38.1 cm³/mol. The van der Waals surface area contributed by atoms with E-state index in [9.17, 15) is 0 Å². The highest BCUT2D eigenvalue weighted by atomic mass is 16.5. The molecule has 3 heterocycles. The van der Waals surface area contributed by atoms with Crippen molar-refractivity contribution in [2.75, 3.05) is 6.54 Å². The molecule has 4 atom stereocenters. The van der Waals surface area contributed by atoms with Crippen molar-refractivity contribution in [3.63, 3.8) is 0 Å². The van der Waals surface area contributed by atoms with Gasteiger partial charge >= 0.3 is 0 Å². The molecule has 2 nitrogen and oxygen atoms in total. The third-order valence-electron chi connectivity index (χ3n) is 2.69. The van der Waals surface area contributed by atoms with Crippen molar-refractivity contribution >= 4 is 6.21 Å². The Kier molecular flexibility index (Phi) is 0.765. The number of hydrogen-bond acceptors (Lipinski definition) is 2. The van der Waals surface area contributed by atoms with Gasteiger partial charge < -0.3 is 4.74 Å². The summed E-state index contributed by atoms with van der Waals surface area (Å²) in [6.45, 7) is 0.982. The first-order valence-electron chi connectivity index (χ1n) is 3.79. The van der Waals surface area contributed by atoms with Crippen molar-refractivity contribution in [1.29, 1.82) is 0 Å². The van der Waals surface area contributed by atoms with Crippen molar-refractivity contribution < 1.29 is 4.74 Å². The summed E-state index contributed by atoms with van der Waals surface area (Å²) in [7, 11) is 0. The normalized spacial score (nSPS) is 54.4. The van der Waals surface area contributed by atoms with Gasteiger partial charge in [-0.2, -0.15) is 0 Å². The van der Waals surface area contributed by atoms with Gasteiger partial charge in [0, 0.05) is 24.6 Å². The molecular weight excluding hydrogens is 126 g/mol. The first-order chi connectivity index (χ1) is 4.95. The fourth-order valence-electron chi connectivity index (χ4n) is 2.14. The highest BCUT2D eigenvalue weighted by Gasteiger charge is 2.46. The summed E-state index contributed by atoms with van der Waals surface area (Å²) in [5.74, 6) is 1.28. The Morgan fingerprint density at radius 2 is 2.20 bits per heavy atom. The largest absolute Gasteiger partial charge is 0.366 e. The van der Waals surface area contributed by atoms with Gasteiger partial charge in [0.15, 0.2) is 0 Å². The van der Waals surface area contributed by atoms with E-state index in [0.29, 0.717) is 24.0 Å². The molecule has 0 aliphatic carbocycles. The summed E-state index contributed by atoms with van der Waals surface area (Å²) in [6, 6.07) is 0. The zero-order chi connectivity index (χ0) is 6.55. The van der Waals surface area contributed by atoms with Gasteiger partial charge in [-0.3, -0.25) is 4.99 Å². The van der Waals surface area contributed by atoms with Gasteiger partial charge in [0.05, 0.1) is 12.2 Å². The molecule has 0 amide bonds. The molecule has 3 rings (SSSR count). The minimum absolute atomic E-state index is 0.362. The van der Waals surface area contributed by atoms with Crippen molar-refractivity contribution in [1.82, 2.24) is 0 Å². The summed E-state index contributed by atoms with van der Waals surface area (Å²) in [5, 5.41) is 0. The van der Waals surface area contributed by atoms with Crippen LogP contribution in [0, 0.1) is 11.8 Å². The minimum atomic E-state index is 0.362. The van der Waals surface area contributed by atoms with Crippen molar-refractivity contribution in [3.8, 4) is 0 Å². The van der Waals surface area contributed by atoms with Gasteiger partial charge in [-0.15, -0.1) is 0 Å². The van der Waals surface area contributed by atoms with Crippen molar-refractivity contribution in [2.24, 2.45) is 16.8 Å². The van der Waals surface area contributed by atoms with E-state index in [1.54, 1.807) is 0 Å². The van der Waals surface area contributed by atoms with Crippen LogP contribution < -0.4 is 0 Å². The van der Waals surface area contributed by atoms with Crippen LogP contribution in [0.2, 0.25) is 0 Å². The highest BCUT2D eigenvalue weighted by Crippen LogP contribution is 2.40. The van der Waals surface area contributed by atoms with Gasteiger partial charge in [0.1, 0.15) is 0 Å². The topological polar surface area (TPSA) is 21.6 Å². The lowest BCUT2D eigenvalue weighted by Gasteiger charge is -2.13. The maximum atomic E-state index is 5.64. The second-order valence-electron chi connectivity index (χ2n) is 3.21. The minimum Gasteiger partial charge on any atom is -0.366 e. The molecule has 3 aliphatic heterocycles.